The van der Waals surface area contributed by atoms with Crippen LogP contribution >= 0.6 is 23.1 Å². The molecule has 0 aliphatic heterocycles. The Morgan fingerprint density at radius 2 is 2.19 bits per heavy atom. The van der Waals surface area contributed by atoms with Gasteiger partial charge >= 0.3 is 0 Å². The third-order valence-electron chi connectivity index (χ3n) is 2.84. The lowest BCUT2D eigenvalue weighted by Crippen LogP contribution is -2.38. The van der Waals surface area contributed by atoms with Gasteiger partial charge in [-0.25, -0.2) is 0 Å². The maximum atomic E-state index is 3.58. The summed E-state index contributed by atoms with van der Waals surface area (Å²) >= 11 is 3.79. The van der Waals surface area contributed by atoms with Gasteiger partial charge in [0.25, 0.3) is 0 Å². The average Bonchev–Trinajstić information content (AvgIpc) is 2.68. The van der Waals surface area contributed by atoms with Crippen LogP contribution in [0.4, 0.5) is 0 Å². The first-order valence-electron chi connectivity index (χ1n) is 5.82. The van der Waals surface area contributed by atoms with Crippen molar-refractivity contribution in [3.63, 3.8) is 0 Å². The van der Waals surface area contributed by atoms with Crippen molar-refractivity contribution in [2.24, 2.45) is 5.41 Å². The Balaban J connectivity index is 2.04. The van der Waals surface area contributed by atoms with Crippen LogP contribution in [0.25, 0.3) is 0 Å². The van der Waals surface area contributed by atoms with Gasteiger partial charge in [0.2, 0.25) is 0 Å². The summed E-state index contributed by atoms with van der Waals surface area (Å²) in [4.78, 5) is 0. The molecule has 3 heteroatoms. The van der Waals surface area contributed by atoms with Gasteiger partial charge in [0.15, 0.2) is 0 Å². The molecule has 0 saturated carbocycles. The van der Waals surface area contributed by atoms with Crippen LogP contribution in [0.2, 0.25) is 0 Å². The van der Waals surface area contributed by atoms with Crippen LogP contribution in [-0.2, 0) is 5.75 Å². The van der Waals surface area contributed by atoms with Crippen molar-refractivity contribution < 1.29 is 0 Å². The van der Waals surface area contributed by atoms with Gasteiger partial charge < -0.3 is 5.32 Å². The van der Waals surface area contributed by atoms with Crippen molar-refractivity contribution >= 4 is 23.1 Å². The highest BCUT2D eigenvalue weighted by molar-refractivity contribution is 7.98. The second-order valence-corrected chi connectivity index (χ2v) is 7.11. The largest absolute Gasteiger partial charge is 0.313 e. The van der Waals surface area contributed by atoms with Crippen LogP contribution in [0.1, 0.15) is 33.3 Å². The quantitative estimate of drug-likeness (QED) is 0.773. The molecule has 1 nitrogen and oxygen atoms in total. The molecule has 0 amide bonds. The van der Waals surface area contributed by atoms with Crippen LogP contribution in [0.3, 0.4) is 0 Å². The minimum Gasteiger partial charge on any atom is -0.313 e. The van der Waals surface area contributed by atoms with Crippen molar-refractivity contribution in [3.05, 3.63) is 22.4 Å². The Bertz CT molecular complexity index is 275. The molecule has 92 valence electrons. The summed E-state index contributed by atoms with van der Waals surface area (Å²) in [6, 6.07) is 2.79. The summed E-state index contributed by atoms with van der Waals surface area (Å²) in [7, 11) is 0. The minimum absolute atomic E-state index is 0.359. The van der Waals surface area contributed by atoms with E-state index in [9.17, 15) is 0 Å². The Labute approximate surface area is 108 Å². The zero-order chi connectivity index (χ0) is 12.0. The highest BCUT2D eigenvalue weighted by Gasteiger charge is 2.18. The number of hydrogen-bond acceptors (Lipinski definition) is 3. The van der Waals surface area contributed by atoms with E-state index in [2.05, 4.69) is 49.8 Å². The highest BCUT2D eigenvalue weighted by atomic mass is 32.2. The van der Waals surface area contributed by atoms with Crippen LogP contribution in [0.15, 0.2) is 16.8 Å². The topological polar surface area (TPSA) is 12.0 Å². The smallest absolute Gasteiger partial charge is 0.0193 e. The number of hydrogen-bond donors (Lipinski definition) is 1. The Morgan fingerprint density at radius 3 is 2.75 bits per heavy atom. The fraction of sp³-hybridized carbons (Fsp3) is 0.692. The zero-order valence-electron chi connectivity index (χ0n) is 10.7. The van der Waals surface area contributed by atoms with Gasteiger partial charge in [-0.05, 0) is 34.7 Å². The van der Waals surface area contributed by atoms with E-state index in [1.165, 1.54) is 11.3 Å². The molecule has 1 unspecified atom stereocenters. The molecular weight excluding hydrogens is 234 g/mol. The lowest BCUT2D eigenvalue weighted by atomic mass is 9.88. The van der Waals surface area contributed by atoms with E-state index in [-0.39, 0.29) is 0 Å². The molecule has 1 rings (SSSR count). The maximum absolute atomic E-state index is 3.58. The molecule has 0 aliphatic carbocycles. The molecule has 1 heterocycles. The van der Waals surface area contributed by atoms with Crippen molar-refractivity contribution in [2.45, 2.75) is 39.5 Å². The van der Waals surface area contributed by atoms with E-state index in [0.29, 0.717) is 11.5 Å². The molecule has 0 aromatic carbocycles. The lowest BCUT2D eigenvalue weighted by Gasteiger charge is -2.28. The van der Waals surface area contributed by atoms with Crippen molar-refractivity contribution in [3.8, 4) is 0 Å². The molecule has 0 aliphatic rings. The van der Waals surface area contributed by atoms with Gasteiger partial charge in [0.05, 0.1) is 0 Å². The first kappa shape index (κ1) is 14.1. The first-order chi connectivity index (χ1) is 7.50. The summed E-state index contributed by atoms with van der Waals surface area (Å²) in [5, 5.41) is 7.97. The average molecular weight is 257 g/mol. The van der Waals surface area contributed by atoms with Crippen molar-refractivity contribution in [1.82, 2.24) is 5.32 Å². The number of thioether (sulfide) groups is 1. The van der Waals surface area contributed by atoms with Gasteiger partial charge in [0.1, 0.15) is 0 Å². The highest BCUT2D eigenvalue weighted by Crippen LogP contribution is 2.19. The Hall–Kier alpha value is 0.01000. The maximum Gasteiger partial charge on any atom is 0.0193 e. The molecule has 1 aromatic heterocycles. The molecule has 0 spiro atoms. The summed E-state index contributed by atoms with van der Waals surface area (Å²) in [6.45, 7) is 10.2. The van der Waals surface area contributed by atoms with Crippen molar-refractivity contribution in [2.75, 3.05) is 12.3 Å². The molecule has 0 bridgehead atoms. The minimum atomic E-state index is 0.359. The van der Waals surface area contributed by atoms with Gasteiger partial charge in [-0.15, -0.1) is 0 Å². The van der Waals surface area contributed by atoms with E-state index in [0.717, 1.165) is 12.3 Å². The van der Waals surface area contributed by atoms with Gasteiger partial charge in [-0.3, -0.25) is 0 Å². The fourth-order valence-electron chi connectivity index (χ4n) is 1.22. The molecule has 1 aromatic rings. The zero-order valence-corrected chi connectivity index (χ0v) is 12.4. The standard InChI is InChI=1S/C13H23NS2/c1-11(13(2,3)4)14-6-8-16-10-12-5-7-15-9-12/h5,7,9,11,14H,6,8,10H2,1-4H3. The number of nitrogens with one attached hydrogen (secondary N) is 1. The molecule has 1 atom stereocenters. The molecular formula is C13H23NS2. The first-order valence-corrected chi connectivity index (χ1v) is 7.92. The van der Waals surface area contributed by atoms with E-state index >= 15 is 0 Å². The summed E-state index contributed by atoms with van der Waals surface area (Å²) in [5.41, 5.74) is 1.82. The van der Waals surface area contributed by atoms with Crippen molar-refractivity contribution in [1.29, 1.82) is 0 Å². The predicted molar refractivity (Wildman–Crippen MR) is 77.4 cm³/mol. The molecule has 0 fully saturated rings. The summed E-state index contributed by atoms with van der Waals surface area (Å²) < 4.78 is 0. The molecule has 0 radical (unpaired) electrons. The Morgan fingerprint density at radius 1 is 1.44 bits per heavy atom. The third-order valence-corrected chi connectivity index (χ3v) is 4.61. The van der Waals surface area contributed by atoms with Crippen LogP contribution in [-0.4, -0.2) is 18.3 Å². The SMILES string of the molecule is CC(NCCSCc1ccsc1)C(C)(C)C. The predicted octanol–water partition coefficient (Wildman–Crippen LogP) is 4.01. The van der Waals surface area contributed by atoms with E-state index in [4.69, 9.17) is 0 Å². The fourth-order valence-corrected chi connectivity index (χ4v) is 2.81. The van der Waals surface area contributed by atoms with Crippen LogP contribution in [0.5, 0.6) is 0 Å². The van der Waals surface area contributed by atoms with Gasteiger partial charge in [0, 0.05) is 24.1 Å². The lowest BCUT2D eigenvalue weighted by molar-refractivity contribution is 0.291. The number of rotatable bonds is 6. The van der Waals surface area contributed by atoms with E-state index in [1.807, 2.05) is 11.8 Å². The van der Waals surface area contributed by atoms with Crippen LogP contribution in [0, 0.1) is 5.41 Å². The second kappa shape index (κ2) is 6.67. The molecule has 16 heavy (non-hydrogen) atoms. The van der Waals surface area contributed by atoms with E-state index < -0.39 is 0 Å². The number of thiophene rings is 1. The Kier molecular flexibility index (Phi) is 5.87. The van der Waals surface area contributed by atoms with Gasteiger partial charge in [-0.2, -0.15) is 23.1 Å². The third kappa shape index (κ3) is 5.37. The van der Waals surface area contributed by atoms with E-state index in [1.54, 1.807) is 11.3 Å². The summed E-state index contributed by atoms with van der Waals surface area (Å²) in [5.74, 6) is 2.34. The normalized spacial score (nSPS) is 14.0. The molecule has 1 N–H and O–H groups in total. The van der Waals surface area contributed by atoms with Crippen LogP contribution < -0.4 is 5.32 Å². The van der Waals surface area contributed by atoms with Gasteiger partial charge in [-0.1, -0.05) is 20.8 Å². The molecule has 0 saturated heterocycles. The monoisotopic (exact) mass is 257 g/mol. The summed E-state index contributed by atoms with van der Waals surface area (Å²) in [6.07, 6.45) is 0. The second-order valence-electron chi connectivity index (χ2n) is 5.23.